The normalized spacial score (nSPS) is 17.1. The van der Waals surface area contributed by atoms with Crippen LogP contribution in [0.4, 0.5) is 5.69 Å². The number of fused-ring (bicyclic) bond motifs is 3. The Hall–Kier alpha value is -1.84. The molecule has 1 atom stereocenters. The fourth-order valence-corrected chi connectivity index (χ4v) is 2.49. The van der Waals surface area contributed by atoms with E-state index in [4.69, 9.17) is 5.84 Å². The first kappa shape index (κ1) is 13.6. The second-order valence-corrected chi connectivity index (χ2v) is 4.53. The quantitative estimate of drug-likeness (QED) is 0.593. The van der Waals surface area contributed by atoms with Gasteiger partial charge in [-0.05, 0) is 24.1 Å². The summed E-state index contributed by atoms with van der Waals surface area (Å²) in [6.45, 7) is 1.90. The SMILES string of the molecule is C[C@@H]1C(=O)N(N)c2ccccc2-c2ccccc21.Cl. The third kappa shape index (κ3) is 2.01. The molecule has 0 radical (unpaired) electrons. The van der Waals surface area contributed by atoms with Gasteiger partial charge in [-0.2, -0.15) is 0 Å². The molecule has 1 aliphatic rings. The lowest BCUT2D eigenvalue weighted by Gasteiger charge is -2.18. The standard InChI is InChI=1S/C15H14N2O.ClH/c1-10-11-6-2-3-7-12(11)13-8-4-5-9-14(13)17(16)15(10)18;/h2-10H,16H2,1H3;1H/t10-;/m0./s1. The Morgan fingerprint density at radius 3 is 2.32 bits per heavy atom. The summed E-state index contributed by atoms with van der Waals surface area (Å²) in [7, 11) is 0. The van der Waals surface area contributed by atoms with E-state index in [9.17, 15) is 4.79 Å². The van der Waals surface area contributed by atoms with E-state index in [0.29, 0.717) is 0 Å². The lowest BCUT2D eigenvalue weighted by atomic mass is 9.92. The van der Waals surface area contributed by atoms with Gasteiger partial charge in [0.15, 0.2) is 0 Å². The van der Waals surface area contributed by atoms with Gasteiger partial charge in [-0.1, -0.05) is 42.5 Å². The Balaban J connectivity index is 0.00000133. The highest BCUT2D eigenvalue weighted by atomic mass is 35.5. The summed E-state index contributed by atoms with van der Waals surface area (Å²) in [6.07, 6.45) is 0. The third-order valence-corrected chi connectivity index (χ3v) is 3.49. The van der Waals surface area contributed by atoms with Crippen molar-refractivity contribution < 1.29 is 4.79 Å². The number of carbonyl (C=O) groups excluding carboxylic acids is 1. The Bertz CT molecular complexity index is 574. The van der Waals surface area contributed by atoms with E-state index in [1.807, 2.05) is 55.5 Å². The van der Waals surface area contributed by atoms with Gasteiger partial charge in [-0.15, -0.1) is 12.4 Å². The smallest absolute Gasteiger partial charge is 0.248 e. The van der Waals surface area contributed by atoms with Crippen LogP contribution in [0.2, 0.25) is 0 Å². The number of hydrogen-bond acceptors (Lipinski definition) is 2. The third-order valence-electron chi connectivity index (χ3n) is 3.49. The molecule has 1 aliphatic heterocycles. The number of carbonyl (C=O) groups is 1. The van der Waals surface area contributed by atoms with Crippen molar-refractivity contribution in [1.82, 2.24) is 0 Å². The topological polar surface area (TPSA) is 46.3 Å². The summed E-state index contributed by atoms with van der Waals surface area (Å²) in [5.74, 6) is 5.64. The molecule has 0 fully saturated rings. The molecule has 0 spiro atoms. The number of benzene rings is 2. The van der Waals surface area contributed by atoms with Crippen molar-refractivity contribution in [3.05, 3.63) is 54.1 Å². The Morgan fingerprint density at radius 2 is 1.58 bits per heavy atom. The molecule has 0 aromatic heterocycles. The van der Waals surface area contributed by atoms with E-state index >= 15 is 0 Å². The Morgan fingerprint density at radius 1 is 1.00 bits per heavy atom. The molecule has 2 aromatic rings. The first-order chi connectivity index (χ1) is 8.70. The highest BCUT2D eigenvalue weighted by molar-refractivity contribution is 6.04. The molecule has 19 heavy (non-hydrogen) atoms. The number of para-hydroxylation sites is 1. The summed E-state index contributed by atoms with van der Waals surface area (Å²) in [4.78, 5) is 12.3. The fraction of sp³-hybridized carbons (Fsp3) is 0.133. The Labute approximate surface area is 118 Å². The van der Waals surface area contributed by atoms with Crippen molar-refractivity contribution >= 4 is 24.0 Å². The number of halogens is 1. The van der Waals surface area contributed by atoms with Gasteiger partial charge in [-0.25, -0.2) is 10.9 Å². The van der Waals surface area contributed by atoms with Crippen LogP contribution in [0.1, 0.15) is 18.4 Å². The van der Waals surface area contributed by atoms with Gasteiger partial charge in [0.05, 0.1) is 11.6 Å². The molecule has 3 rings (SSSR count). The first-order valence-corrected chi connectivity index (χ1v) is 5.97. The molecule has 2 N–H and O–H groups in total. The minimum atomic E-state index is -0.224. The number of anilines is 1. The second-order valence-electron chi connectivity index (χ2n) is 4.53. The average Bonchev–Trinajstić information content (AvgIpc) is 2.51. The van der Waals surface area contributed by atoms with Crippen molar-refractivity contribution in [2.24, 2.45) is 5.84 Å². The molecule has 98 valence electrons. The van der Waals surface area contributed by atoms with E-state index in [2.05, 4.69) is 0 Å². The molecule has 1 amide bonds. The second kappa shape index (κ2) is 5.03. The van der Waals surface area contributed by atoms with Gasteiger partial charge in [0.2, 0.25) is 5.91 Å². The molecule has 2 aromatic carbocycles. The number of nitrogens with zero attached hydrogens (tertiary/aromatic N) is 1. The highest BCUT2D eigenvalue weighted by Crippen LogP contribution is 2.39. The first-order valence-electron chi connectivity index (χ1n) is 5.97. The molecule has 0 aliphatic carbocycles. The van der Waals surface area contributed by atoms with Crippen molar-refractivity contribution in [2.75, 3.05) is 5.01 Å². The van der Waals surface area contributed by atoms with Crippen LogP contribution < -0.4 is 10.9 Å². The van der Waals surface area contributed by atoms with Crippen molar-refractivity contribution in [2.45, 2.75) is 12.8 Å². The summed E-state index contributed by atoms with van der Waals surface area (Å²) in [5, 5.41) is 1.26. The molecular formula is C15H15ClN2O. The van der Waals surface area contributed by atoms with Gasteiger partial charge in [0.1, 0.15) is 0 Å². The number of amides is 1. The van der Waals surface area contributed by atoms with Gasteiger partial charge < -0.3 is 0 Å². The maximum atomic E-state index is 12.3. The molecule has 0 saturated heterocycles. The zero-order valence-electron chi connectivity index (χ0n) is 10.5. The van der Waals surface area contributed by atoms with Crippen LogP contribution in [0.25, 0.3) is 11.1 Å². The summed E-state index contributed by atoms with van der Waals surface area (Å²) >= 11 is 0. The van der Waals surface area contributed by atoms with Crippen molar-refractivity contribution in [3.63, 3.8) is 0 Å². The maximum Gasteiger partial charge on any atom is 0.248 e. The van der Waals surface area contributed by atoms with Crippen LogP contribution in [0.3, 0.4) is 0 Å². The predicted octanol–water partition coefficient (Wildman–Crippen LogP) is 3.10. The molecule has 3 nitrogen and oxygen atoms in total. The van der Waals surface area contributed by atoms with Gasteiger partial charge >= 0.3 is 0 Å². The summed E-state index contributed by atoms with van der Waals surface area (Å²) in [6, 6.07) is 15.7. The number of rotatable bonds is 0. The van der Waals surface area contributed by atoms with Crippen LogP contribution >= 0.6 is 12.4 Å². The zero-order valence-corrected chi connectivity index (χ0v) is 11.4. The monoisotopic (exact) mass is 274 g/mol. The van der Waals surface area contributed by atoms with E-state index < -0.39 is 0 Å². The number of hydrogen-bond donors (Lipinski definition) is 1. The highest BCUT2D eigenvalue weighted by Gasteiger charge is 2.29. The minimum absolute atomic E-state index is 0. The van der Waals surface area contributed by atoms with Crippen molar-refractivity contribution in [1.29, 1.82) is 0 Å². The van der Waals surface area contributed by atoms with Crippen LogP contribution in [-0.2, 0) is 4.79 Å². The van der Waals surface area contributed by atoms with E-state index in [0.717, 1.165) is 22.4 Å². The van der Waals surface area contributed by atoms with Gasteiger partial charge in [0.25, 0.3) is 0 Å². The van der Waals surface area contributed by atoms with Crippen LogP contribution in [0.15, 0.2) is 48.5 Å². The minimum Gasteiger partial charge on any atom is -0.272 e. The lowest BCUT2D eigenvalue weighted by Crippen LogP contribution is -2.39. The predicted molar refractivity (Wildman–Crippen MR) is 79.2 cm³/mol. The molecule has 1 heterocycles. The van der Waals surface area contributed by atoms with Gasteiger partial charge in [0, 0.05) is 5.56 Å². The van der Waals surface area contributed by atoms with Gasteiger partial charge in [-0.3, -0.25) is 4.79 Å². The van der Waals surface area contributed by atoms with E-state index in [-0.39, 0.29) is 24.2 Å². The van der Waals surface area contributed by atoms with E-state index in [1.165, 1.54) is 5.01 Å². The zero-order chi connectivity index (χ0) is 12.7. The molecule has 0 saturated carbocycles. The molecule has 0 bridgehead atoms. The number of hydrazine groups is 1. The summed E-state index contributed by atoms with van der Waals surface area (Å²) < 4.78 is 0. The lowest BCUT2D eigenvalue weighted by molar-refractivity contribution is -0.119. The van der Waals surface area contributed by atoms with Crippen molar-refractivity contribution in [3.8, 4) is 11.1 Å². The molecular weight excluding hydrogens is 260 g/mol. The maximum absolute atomic E-state index is 12.3. The Kier molecular flexibility index (Phi) is 3.60. The van der Waals surface area contributed by atoms with E-state index in [1.54, 1.807) is 0 Å². The fourth-order valence-electron chi connectivity index (χ4n) is 2.49. The summed E-state index contributed by atoms with van der Waals surface area (Å²) in [5.41, 5.74) is 3.89. The molecule has 4 heteroatoms. The largest absolute Gasteiger partial charge is 0.272 e. The van der Waals surface area contributed by atoms with Crippen LogP contribution in [0, 0.1) is 0 Å². The van der Waals surface area contributed by atoms with Crippen LogP contribution in [0.5, 0.6) is 0 Å². The average molecular weight is 275 g/mol. The number of nitrogens with two attached hydrogens (primary N) is 1. The molecule has 0 unspecified atom stereocenters. The van der Waals surface area contributed by atoms with Crippen LogP contribution in [-0.4, -0.2) is 5.91 Å².